The minimum Gasteiger partial charge on any atom is -0.388 e. The average Bonchev–Trinajstić information content (AvgIpc) is 2.85. The molecule has 1 nitrogen and oxygen atoms in total. The number of hydrogen-bond donors (Lipinski definition) is 1. The highest BCUT2D eigenvalue weighted by Gasteiger charge is 2.66. The standard InChI is InChI=1S/C17H22O/c1-2-10-4-3-5-13(8-10)17(18)16-14-11-6-7-12(9-11)15(14)16/h3-5,8,11-12,14-18H,2,6-7,9H2,1H3. The number of benzene rings is 1. The average molecular weight is 242 g/mol. The van der Waals surface area contributed by atoms with Gasteiger partial charge in [0.1, 0.15) is 0 Å². The number of hydrogen-bond acceptors (Lipinski definition) is 1. The van der Waals surface area contributed by atoms with Crippen molar-refractivity contribution < 1.29 is 5.11 Å². The van der Waals surface area contributed by atoms with E-state index in [1.54, 1.807) is 0 Å². The zero-order chi connectivity index (χ0) is 12.3. The zero-order valence-electron chi connectivity index (χ0n) is 11.0. The van der Waals surface area contributed by atoms with Crippen LogP contribution in [0.3, 0.4) is 0 Å². The molecule has 5 atom stereocenters. The fraction of sp³-hybridized carbons (Fsp3) is 0.647. The summed E-state index contributed by atoms with van der Waals surface area (Å²) in [5.41, 5.74) is 2.51. The van der Waals surface area contributed by atoms with Gasteiger partial charge in [0.05, 0.1) is 6.10 Å². The van der Waals surface area contributed by atoms with E-state index < -0.39 is 0 Å². The first-order valence-corrected chi connectivity index (χ1v) is 7.56. The van der Waals surface area contributed by atoms with Gasteiger partial charge >= 0.3 is 0 Å². The first-order valence-electron chi connectivity index (χ1n) is 7.56. The van der Waals surface area contributed by atoms with E-state index in [9.17, 15) is 5.11 Å². The second-order valence-corrected chi connectivity index (χ2v) is 6.61. The first-order chi connectivity index (χ1) is 8.79. The van der Waals surface area contributed by atoms with Crippen LogP contribution in [0.2, 0.25) is 0 Å². The molecule has 0 aromatic heterocycles. The lowest BCUT2D eigenvalue weighted by atomic mass is 9.94. The molecule has 2 bridgehead atoms. The minimum atomic E-state index is -0.199. The fourth-order valence-corrected chi connectivity index (χ4v) is 5.03. The van der Waals surface area contributed by atoms with Crippen LogP contribution in [0.4, 0.5) is 0 Å². The molecule has 0 amide bonds. The molecule has 0 saturated heterocycles. The highest BCUT2D eigenvalue weighted by molar-refractivity contribution is 5.28. The first kappa shape index (κ1) is 11.0. The Morgan fingerprint density at radius 1 is 1.22 bits per heavy atom. The van der Waals surface area contributed by atoms with Crippen LogP contribution < -0.4 is 0 Å². The van der Waals surface area contributed by atoms with E-state index in [0.29, 0.717) is 5.92 Å². The van der Waals surface area contributed by atoms with Crippen molar-refractivity contribution in [2.75, 3.05) is 0 Å². The second kappa shape index (κ2) is 3.84. The Morgan fingerprint density at radius 3 is 2.61 bits per heavy atom. The highest BCUT2D eigenvalue weighted by atomic mass is 16.3. The van der Waals surface area contributed by atoms with Crippen molar-refractivity contribution in [1.29, 1.82) is 0 Å². The zero-order valence-corrected chi connectivity index (χ0v) is 11.0. The monoisotopic (exact) mass is 242 g/mol. The van der Waals surface area contributed by atoms with Gasteiger partial charge in [0.25, 0.3) is 0 Å². The van der Waals surface area contributed by atoms with Crippen LogP contribution in [0, 0.1) is 29.6 Å². The summed E-state index contributed by atoms with van der Waals surface area (Å²) in [6.45, 7) is 2.18. The van der Waals surface area contributed by atoms with Gasteiger partial charge in [-0.2, -0.15) is 0 Å². The molecule has 4 rings (SSSR count). The number of rotatable bonds is 3. The minimum absolute atomic E-state index is 0.199. The van der Waals surface area contributed by atoms with E-state index in [4.69, 9.17) is 0 Å². The molecule has 1 N–H and O–H groups in total. The Hall–Kier alpha value is -0.820. The molecule has 3 aliphatic rings. The van der Waals surface area contributed by atoms with E-state index in [1.807, 2.05) is 0 Å². The maximum Gasteiger partial charge on any atom is 0.0824 e. The van der Waals surface area contributed by atoms with Crippen LogP contribution in [0.25, 0.3) is 0 Å². The van der Waals surface area contributed by atoms with Gasteiger partial charge in [0.2, 0.25) is 0 Å². The maximum atomic E-state index is 10.6. The Labute approximate surface area is 109 Å². The molecule has 1 aromatic carbocycles. The maximum absolute atomic E-state index is 10.6. The van der Waals surface area contributed by atoms with Crippen molar-refractivity contribution in [1.82, 2.24) is 0 Å². The number of aliphatic hydroxyl groups is 1. The van der Waals surface area contributed by atoms with Gasteiger partial charge < -0.3 is 5.11 Å². The summed E-state index contributed by atoms with van der Waals surface area (Å²) in [5, 5.41) is 10.6. The predicted octanol–water partition coefficient (Wildman–Crippen LogP) is 3.57. The molecule has 0 spiro atoms. The summed E-state index contributed by atoms with van der Waals surface area (Å²) < 4.78 is 0. The van der Waals surface area contributed by atoms with Gasteiger partial charge in [0.15, 0.2) is 0 Å². The van der Waals surface area contributed by atoms with Crippen molar-refractivity contribution in [3.63, 3.8) is 0 Å². The molecule has 96 valence electrons. The van der Waals surface area contributed by atoms with Gasteiger partial charge in [-0.1, -0.05) is 31.2 Å². The van der Waals surface area contributed by atoms with Gasteiger partial charge in [-0.15, -0.1) is 0 Å². The van der Waals surface area contributed by atoms with Crippen molar-refractivity contribution in [2.45, 2.75) is 38.7 Å². The van der Waals surface area contributed by atoms with E-state index >= 15 is 0 Å². The number of fused-ring (bicyclic) bond motifs is 5. The normalized spacial score (nSPS) is 41.8. The molecule has 0 radical (unpaired) electrons. The lowest BCUT2D eigenvalue weighted by molar-refractivity contribution is 0.130. The molecule has 0 heterocycles. The van der Waals surface area contributed by atoms with Gasteiger partial charge in [-0.3, -0.25) is 0 Å². The molecule has 3 aliphatic carbocycles. The van der Waals surface area contributed by atoms with E-state index in [1.165, 1.54) is 24.8 Å². The highest BCUT2D eigenvalue weighted by Crippen LogP contribution is 2.72. The third kappa shape index (κ3) is 1.43. The summed E-state index contributed by atoms with van der Waals surface area (Å²) in [4.78, 5) is 0. The van der Waals surface area contributed by atoms with Crippen LogP contribution in [0.15, 0.2) is 24.3 Å². The lowest BCUT2D eigenvalue weighted by Crippen LogP contribution is -2.08. The predicted molar refractivity (Wildman–Crippen MR) is 72.1 cm³/mol. The lowest BCUT2D eigenvalue weighted by Gasteiger charge is -2.16. The van der Waals surface area contributed by atoms with Crippen molar-refractivity contribution in [2.24, 2.45) is 29.6 Å². The topological polar surface area (TPSA) is 20.2 Å². The Morgan fingerprint density at radius 2 is 1.94 bits per heavy atom. The third-order valence-corrected chi connectivity index (χ3v) is 5.86. The third-order valence-electron chi connectivity index (χ3n) is 5.86. The molecule has 3 fully saturated rings. The Balaban J connectivity index is 1.56. The summed E-state index contributed by atoms with van der Waals surface area (Å²) in [7, 11) is 0. The Kier molecular flexibility index (Phi) is 2.35. The molecule has 0 aliphatic heterocycles. The van der Waals surface area contributed by atoms with E-state index in [-0.39, 0.29) is 6.10 Å². The van der Waals surface area contributed by atoms with Gasteiger partial charge in [0, 0.05) is 0 Å². The Bertz CT molecular complexity index is 450. The summed E-state index contributed by atoms with van der Waals surface area (Å²) in [5.74, 6) is 4.22. The summed E-state index contributed by atoms with van der Waals surface area (Å²) in [6, 6.07) is 8.58. The molecule has 18 heavy (non-hydrogen) atoms. The van der Waals surface area contributed by atoms with Crippen LogP contribution in [-0.2, 0) is 6.42 Å². The van der Waals surface area contributed by atoms with E-state index in [0.717, 1.165) is 35.7 Å². The van der Waals surface area contributed by atoms with Crippen LogP contribution in [0.1, 0.15) is 43.4 Å². The second-order valence-electron chi connectivity index (χ2n) is 6.61. The molecule has 1 heteroatoms. The van der Waals surface area contributed by atoms with Crippen molar-refractivity contribution >= 4 is 0 Å². The number of aliphatic hydroxyl groups excluding tert-OH is 1. The largest absolute Gasteiger partial charge is 0.388 e. The van der Waals surface area contributed by atoms with Crippen molar-refractivity contribution in [3.8, 4) is 0 Å². The smallest absolute Gasteiger partial charge is 0.0824 e. The molecule has 1 aromatic rings. The SMILES string of the molecule is CCc1cccc(C(O)C2C3C4CCC(C4)C32)c1. The van der Waals surface area contributed by atoms with Crippen molar-refractivity contribution in [3.05, 3.63) is 35.4 Å². The molecular weight excluding hydrogens is 220 g/mol. The fourth-order valence-electron chi connectivity index (χ4n) is 5.03. The summed E-state index contributed by atoms with van der Waals surface area (Å²) in [6.07, 6.45) is 5.19. The summed E-state index contributed by atoms with van der Waals surface area (Å²) >= 11 is 0. The van der Waals surface area contributed by atoms with Crippen LogP contribution >= 0.6 is 0 Å². The van der Waals surface area contributed by atoms with Gasteiger partial charge in [-0.05, 0) is 66.4 Å². The van der Waals surface area contributed by atoms with E-state index in [2.05, 4.69) is 31.2 Å². The van der Waals surface area contributed by atoms with Crippen LogP contribution in [-0.4, -0.2) is 5.11 Å². The molecule has 5 unspecified atom stereocenters. The van der Waals surface area contributed by atoms with Gasteiger partial charge in [-0.25, -0.2) is 0 Å². The quantitative estimate of drug-likeness (QED) is 0.859. The van der Waals surface area contributed by atoms with Crippen LogP contribution in [0.5, 0.6) is 0 Å². The number of aryl methyl sites for hydroxylation is 1. The molecular formula is C17H22O. The molecule has 3 saturated carbocycles.